The topological polar surface area (TPSA) is 37.3 Å². The monoisotopic (exact) mass is 230 g/mol. The van der Waals surface area contributed by atoms with Crippen molar-refractivity contribution in [3.63, 3.8) is 0 Å². The van der Waals surface area contributed by atoms with Gasteiger partial charge in [0.15, 0.2) is 0 Å². The molecule has 0 fully saturated rings. The highest BCUT2D eigenvalue weighted by atomic mass is 16.3. The minimum absolute atomic E-state index is 0.0976. The lowest BCUT2D eigenvalue weighted by atomic mass is 10.0. The van der Waals surface area contributed by atoms with Crippen LogP contribution >= 0.6 is 0 Å². The third-order valence-corrected chi connectivity index (χ3v) is 2.53. The van der Waals surface area contributed by atoms with Gasteiger partial charge in [0.25, 0.3) is 0 Å². The van der Waals surface area contributed by atoms with Crippen LogP contribution in [0, 0.1) is 17.8 Å². The molecule has 1 rings (SSSR count). The van der Waals surface area contributed by atoms with Crippen LogP contribution in [0.1, 0.15) is 44.7 Å². The summed E-state index contributed by atoms with van der Waals surface area (Å²) in [6.45, 7) is 7.72. The van der Waals surface area contributed by atoms with Crippen molar-refractivity contribution in [1.29, 1.82) is 0 Å². The Morgan fingerprint density at radius 1 is 1.24 bits per heavy atom. The van der Waals surface area contributed by atoms with Gasteiger partial charge in [-0.3, -0.25) is 4.79 Å². The summed E-state index contributed by atoms with van der Waals surface area (Å²) in [5.41, 5.74) is 1.56. The SMILES string of the molecule is CC(C)C(=O)C#Cc1ccc(C(C)C)cc1O. The number of phenols is 1. The van der Waals surface area contributed by atoms with Crippen LogP contribution in [0.4, 0.5) is 0 Å². The van der Waals surface area contributed by atoms with E-state index in [2.05, 4.69) is 25.7 Å². The van der Waals surface area contributed by atoms with Crippen molar-refractivity contribution in [1.82, 2.24) is 0 Å². The fourth-order valence-electron chi connectivity index (χ4n) is 1.29. The molecule has 0 radical (unpaired) electrons. The van der Waals surface area contributed by atoms with Crippen molar-refractivity contribution in [2.24, 2.45) is 5.92 Å². The Bertz CT molecular complexity index is 473. The van der Waals surface area contributed by atoms with E-state index in [1.165, 1.54) is 0 Å². The van der Waals surface area contributed by atoms with Gasteiger partial charge in [-0.15, -0.1) is 0 Å². The first-order valence-corrected chi connectivity index (χ1v) is 5.80. The predicted molar refractivity (Wildman–Crippen MR) is 68.9 cm³/mol. The zero-order valence-electron chi connectivity index (χ0n) is 10.7. The van der Waals surface area contributed by atoms with Crippen molar-refractivity contribution < 1.29 is 9.90 Å². The maximum atomic E-state index is 11.3. The highest BCUT2D eigenvalue weighted by molar-refractivity contribution is 5.97. The second-order valence-corrected chi connectivity index (χ2v) is 4.70. The summed E-state index contributed by atoms with van der Waals surface area (Å²) in [6.07, 6.45) is 0. The minimum Gasteiger partial charge on any atom is -0.507 e. The molecule has 0 bridgehead atoms. The van der Waals surface area contributed by atoms with Crippen LogP contribution in [-0.2, 0) is 4.79 Å². The summed E-state index contributed by atoms with van der Waals surface area (Å²) in [6, 6.07) is 5.38. The number of aromatic hydroxyl groups is 1. The molecule has 1 aromatic carbocycles. The number of rotatable bonds is 2. The Balaban J connectivity index is 2.98. The van der Waals surface area contributed by atoms with Gasteiger partial charge in [0.05, 0.1) is 5.56 Å². The van der Waals surface area contributed by atoms with Gasteiger partial charge in [0, 0.05) is 5.92 Å². The lowest BCUT2D eigenvalue weighted by Gasteiger charge is -2.06. The third kappa shape index (κ3) is 3.64. The predicted octanol–water partition coefficient (Wildman–Crippen LogP) is 3.09. The molecule has 2 nitrogen and oxygen atoms in total. The van der Waals surface area contributed by atoms with E-state index < -0.39 is 0 Å². The molecular formula is C15H18O2. The first kappa shape index (κ1) is 13.3. The lowest BCUT2D eigenvalue weighted by molar-refractivity contribution is -0.116. The van der Waals surface area contributed by atoms with Crippen molar-refractivity contribution in [3.05, 3.63) is 29.3 Å². The molecular weight excluding hydrogens is 212 g/mol. The Labute approximate surface area is 103 Å². The van der Waals surface area contributed by atoms with E-state index >= 15 is 0 Å². The molecule has 0 saturated carbocycles. The number of hydrogen-bond donors (Lipinski definition) is 1. The van der Waals surface area contributed by atoms with Crippen molar-refractivity contribution >= 4 is 5.78 Å². The van der Waals surface area contributed by atoms with E-state index in [-0.39, 0.29) is 17.5 Å². The number of hydrogen-bond acceptors (Lipinski definition) is 2. The number of Topliss-reactive ketones (excluding diaryl/α,β-unsaturated/α-hetero) is 1. The number of carbonyl (C=O) groups excluding carboxylic acids is 1. The largest absolute Gasteiger partial charge is 0.507 e. The number of carbonyl (C=O) groups is 1. The summed E-state index contributed by atoms with van der Waals surface area (Å²) >= 11 is 0. The quantitative estimate of drug-likeness (QED) is 0.793. The molecule has 0 aliphatic heterocycles. The molecule has 0 aromatic heterocycles. The molecule has 90 valence electrons. The first-order valence-electron chi connectivity index (χ1n) is 5.80. The molecule has 2 heteroatoms. The van der Waals surface area contributed by atoms with Gasteiger partial charge >= 0.3 is 0 Å². The molecule has 1 aromatic rings. The number of ketones is 1. The molecule has 0 heterocycles. The summed E-state index contributed by atoms with van der Waals surface area (Å²) in [5, 5.41) is 9.78. The fraction of sp³-hybridized carbons (Fsp3) is 0.400. The molecule has 17 heavy (non-hydrogen) atoms. The van der Waals surface area contributed by atoms with E-state index in [1.807, 2.05) is 6.07 Å². The molecule has 0 spiro atoms. The third-order valence-electron chi connectivity index (χ3n) is 2.53. The highest BCUT2D eigenvalue weighted by Gasteiger charge is 2.05. The van der Waals surface area contributed by atoms with Gasteiger partial charge < -0.3 is 5.11 Å². The Morgan fingerprint density at radius 3 is 2.35 bits per heavy atom. The molecule has 0 saturated heterocycles. The minimum atomic E-state index is -0.114. The first-order chi connectivity index (χ1) is 7.91. The van der Waals surface area contributed by atoms with E-state index in [4.69, 9.17) is 0 Å². The molecule has 0 unspecified atom stereocenters. The van der Waals surface area contributed by atoms with Crippen molar-refractivity contribution in [2.45, 2.75) is 33.6 Å². The lowest BCUT2D eigenvalue weighted by Crippen LogP contribution is -2.02. The molecule has 0 aliphatic rings. The van der Waals surface area contributed by atoms with E-state index in [0.717, 1.165) is 5.56 Å². The van der Waals surface area contributed by atoms with Crippen LogP contribution in [0.2, 0.25) is 0 Å². The Kier molecular flexibility index (Phi) is 4.34. The van der Waals surface area contributed by atoms with Crippen LogP contribution in [0.5, 0.6) is 5.75 Å². The Morgan fingerprint density at radius 2 is 1.88 bits per heavy atom. The summed E-state index contributed by atoms with van der Waals surface area (Å²) in [5.74, 6) is 5.54. The smallest absolute Gasteiger partial charge is 0.208 e. The van der Waals surface area contributed by atoms with E-state index in [1.54, 1.807) is 26.0 Å². The van der Waals surface area contributed by atoms with Gasteiger partial charge in [-0.1, -0.05) is 39.7 Å². The normalized spacial score (nSPS) is 10.2. The molecule has 1 N–H and O–H groups in total. The van der Waals surface area contributed by atoms with Gasteiger partial charge in [-0.25, -0.2) is 0 Å². The summed E-state index contributed by atoms with van der Waals surface area (Å²) < 4.78 is 0. The van der Waals surface area contributed by atoms with Crippen LogP contribution in [-0.4, -0.2) is 10.9 Å². The number of benzene rings is 1. The van der Waals surface area contributed by atoms with Gasteiger partial charge in [0.2, 0.25) is 5.78 Å². The highest BCUT2D eigenvalue weighted by Crippen LogP contribution is 2.22. The Hall–Kier alpha value is -1.75. The molecule has 0 atom stereocenters. The van der Waals surface area contributed by atoms with Crippen LogP contribution in [0.25, 0.3) is 0 Å². The zero-order chi connectivity index (χ0) is 13.0. The van der Waals surface area contributed by atoms with Crippen molar-refractivity contribution in [2.75, 3.05) is 0 Å². The second kappa shape index (κ2) is 5.54. The summed E-state index contributed by atoms with van der Waals surface area (Å²) in [7, 11) is 0. The second-order valence-electron chi connectivity index (χ2n) is 4.70. The molecule has 0 amide bonds. The van der Waals surface area contributed by atoms with Crippen LogP contribution < -0.4 is 0 Å². The van der Waals surface area contributed by atoms with Crippen LogP contribution in [0.15, 0.2) is 18.2 Å². The van der Waals surface area contributed by atoms with Crippen molar-refractivity contribution in [3.8, 4) is 17.6 Å². The van der Waals surface area contributed by atoms with Gasteiger partial charge in [-0.05, 0) is 29.5 Å². The van der Waals surface area contributed by atoms with Gasteiger partial charge in [0.1, 0.15) is 5.75 Å². The van der Waals surface area contributed by atoms with E-state index in [0.29, 0.717) is 11.5 Å². The van der Waals surface area contributed by atoms with Crippen LogP contribution in [0.3, 0.4) is 0 Å². The maximum absolute atomic E-state index is 11.3. The number of phenolic OH excluding ortho intramolecular Hbond substituents is 1. The average molecular weight is 230 g/mol. The van der Waals surface area contributed by atoms with E-state index in [9.17, 15) is 9.90 Å². The summed E-state index contributed by atoms with van der Waals surface area (Å²) in [4.78, 5) is 11.3. The maximum Gasteiger partial charge on any atom is 0.208 e. The standard InChI is InChI=1S/C15H18O2/c1-10(2)13-6-5-12(15(17)9-13)7-8-14(16)11(3)4/h5-6,9-11,17H,1-4H3. The fourth-order valence-corrected chi connectivity index (χ4v) is 1.29. The zero-order valence-corrected chi connectivity index (χ0v) is 10.7. The average Bonchev–Trinajstić information content (AvgIpc) is 2.26. The molecule has 0 aliphatic carbocycles. The van der Waals surface area contributed by atoms with Gasteiger partial charge in [-0.2, -0.15) is 0 Å².